The van der Waals surface area contributed by atoms with Crippen molar-refractivity contribution < 1.29 is 14.6 Å². The van der Waals surface area contributed by atoms with Crippen molar-refractivity contribution in [2.45, 2.75) is 19.8 Å². The molecular weight excluding hydrogens is 266 g/mol. The standard InChI is InChI=1S/C17H23NO3/c1-11-6-5-7-15(16(11)21-4)12-8-13(17(19)20)10-14(9-12)18(2)3/h5-6,8,10,12,15H,7,9H2,1-4H3,(H,19,20). The number of nitrogens with zero attached hydrogens (tertiary/aromatic N) is 1. The summed E-state index contributed by atoms with van der Waals surface area (Å²) in [4.78, 5) is 13.4. The van der Waals surface area contributed by atoms with Crippen LogP contribution in [0.5, 0.6) is 0 Å². The van der Waals surface area contributed by atoms with Crippen LogP contribution in [-0.2, 0) is 9.53 Å². The Morgan fingerprint density at radius 1 is 1.43 bits per heavy atom. The van der Waals surface area contributed by atoms with Crippen LogP contribution in [0.15, 0.2) is 46.9 Å². The van der Waals surface area contributed by atoms with Crippen molar-refractivity contribution in [3.8, 4) is 0 Å². The number of carboxylic acids is 1. The zero-order valence-corrected chi connectivity index (χ0v) is 13.1. The van der Waals surface area contributed by atoms with E-state index < -0.39 is 5.97 Å². The third-order valence-corrected chi connectivity index (χ3v) is 4.20. The van der Waals surface area contributed by atoms with Crippen molar-refractivity contribution in [3.63, 3.8) is 0 Å². The van der Waals surface area contributed by atoms with Gasteiger partial charge in [0, 0.05) is 25.7 Å². The topological polar surface area (TPSA) is 49.8 Å². The van der Waals surface area contributed by atoms with Crippen LogP contribution in [0.2, 0.25) is 0 Å². The second-order valence-corrected chi connectivity index (χ2v) is 5.82. The normalized spacial score (nSPS) is 25.3. The van der Waals surface area contributed by atoms with Gasteiger partial charge in [-0.25, -0.2) is 4.79 Å². The number of carbonyl (C=O) groups is 1. The minimum Gasteiger partial charge on any atom is -0.501 e. The van der Waals surface area contributed by atoms with Crippen LogP contribution in [0.3, 0.4) is 0 Å². The Hall–Kier alpha value is -1.97. The highest BCUT2D eigenvalue weighted by Gasteiger charge is 2.31. The third kappa shape index (κ3) is 3.20. The molecule has 2 atom stereocenters. The monoisotopic (exact) mass is 289 g/mol. The molecule has 2 aliphatic rings. The van der Waals surface area contributed by atoms with Gasteiger partial charge in [-0.05, 0) is 37.3 Å². The van der Waals surface area contributed by atoms with Crippen molar-refractivity contribution in [3.05, 3.63) is 46.9 Å². The predicted molar refractivity (Wildman–Crippen MR) is 82.6 cm³/mol. The molecule has 0 aromatic carbocycles. The molecule has 0 aliphatic heterocycles. The Morgan fingerprint density at radius 2 is 2.14 bits per heavy atom. The van der Waals surface area contributed by atoms with Crippen LogP contribution in [0.1, 0.15) is 19.8 Å². The van der Waals surface area contributed by atoms with E-state index >= 15 is 0 Å². The van der Waals surface area contributed by atoms with E-state index in [1.54, 1.807) is 13.2 Å². The van der Waals surface area contributed by atoms with E-state index in [-0.39, 0.29) is 11.8 Å². The van der Waals surface area contributed by atoms with E-state index in [4.69, 9.17) is 4.74 Å². The first-order valence-electron chi connectivity index (χ1n) is 7.18. The van der Waals surface area contributed by atoms with Crippen LogP contribution in [0.25, 0.3) is 0 Å². The Kier molecular flexibility index (Phi) is 4.56. The molecule has 0 saturated heterocycles. The fraction of sp³-hybridized carbons (Fsp3) is 0.471. The molecule has 2 unspecified atom stereocenters. The van der Waals surface area contributed by atoms with Crippen molar-refractivity contribution >= 4 is 5.97 Å². The Labute approximate surface area is 126 Å². The second-order valence-electron chi connectivity index (χ2n) is 5.82. The van der Waals surface area contributed by atoms with E-state index in [1.807, 2.05) is 32.0 Å². The molecule has 0 amide bonds. The largest absolute Gasteiger partial charge is 0.501 e. The summed E-state index contributed by atoms with van der Waals surface area (Å²) in [5.74, 6) is 0.458. The van der Waals surface area contributed by atoms with Gasteiger partial charge in [-0.2, -0.15) is 0 Å². The number of allylic oxidation sites excluding steroid dienone is 6. The molecule has 2 aliphatic carbocycles. The number of ether oxygens (including phenoxy) is 1. The lowest BCUT2D eigenvalue weighted by atomic mass is 9.77. The van der Waals surface area contributed by atoms with Gasteiger partial charge in [-0.3, -0.25) is 0 Å². The van der Waals surface area contributed by atoms with E-state index in [9.17, 15) is 9.90 Å². The highest BCUT2D eigenvalue weighted by Crippen LogP contribution is 2.38. The summed E-state index contributed by atoms with van der Waals surface area (Å²) >= 11 is 0. The fourth-order valence-electron chi connectivity index (χ4n) is 3.08. The van der Waals surface area contributed by atoms with E-state index in [0.29, 0.717) is 5.57 Å². The van der Waals surface area contributed by atoms with E-state index in [2.05, 4.69) is 12.2 Å². The number of methoxy groups -OCH3 is 1. The molecule has 0 aromatic heterocycles. The summed E-state index contributed by atoms with van der Waals surface area (Å²) in [5, 5.41) is 9.34. The van der Waals surface area contributed by atoms with Crippen molar-refractivity contribution in [2.24, 2.45) is 11.8 Å². The van der Waals surface area contributed by atoms with Gasteiger partial charge in [0.15, 0.2) is 0 Å². The maximum absolute atomic E-state index is 11.4. The van der Waals surface area contributed by atoms with Gasteiger partial charge < -0.3 is 14.7 Å². The maximum Gasteiger partial charge on any atom is 0.335 e. The highest BCUT2D eigenvalue weighted by atomic mass is 16.5. The molecular formula is C17H23NO3. The molecule has 0 saturated carbocycles. The summed E-state index contributed by atoms with van der Waals surface area (Å²) in [5.41, 5.74) is 2.54. The molecule has 0 bridgehead atoms. The summed E-state index contributed by atoms with van der Waals surface area (Å²) in [6.07, 6.45) is 9.58. The SMILES string of the molecule is COC1=C(C)C=CCC1C1C=C(C(=O)O)C=C(N(C)C)C1. The molecule has 0 fully saturated rings. The predicted octanol–water partition coefficient (Wildman–Crippen LogP) is 2.96. The minimum atomic E-state index is -0.870. The van der Waals surface area contributed by atoms with Gasteiger partial charge >= 0.3 is 5.97 Å². The quantitative estimate of drug-likeness (QED) is 0.864. The molecule has 4 heteroatoms. The van der Waals surface area contributed by atoms with Gasteiger partial charge in [0.1, 0.15) is 5.76 Å². The van der Waals surface area contributed by atoms with Crippen LogP contribution >= 0.6 is 0 Å². The van der Waals surface area contributed by atoms with Gasteiger partial charge in [0.05, 0.1) is 12.7 Å². The maximum atomic E-state index is 11.4. The zero-order chi connectivity index (χ0) is 15.6. The van der Waals surface area contributed by atoms with Gasteiger partial charge in [-0.1, -0.05) is 18.2 Å². The lowest BCUT2D eigenvalue weighted by Crippen LogP contribution is -2.26. The first-order chi connectivity index (χ1) is 9.93. The van der Waals surface area contributed by atoms with Gasteiger partial charge in [-0.15, -0.1) is 0 Å². The number of rotatable bonds is 4. The Balaban J connectivity index is 2.34. The lowest BCUT2D eigenvalue weighted by Gasteiger charge is -2.33. The average molecular weight is 289 g/mol. The third-order valence-electron chi connectivity index (χ3n) is 4.20. The summed E-state index contributed by atoms with van der Waals surface area (Å²) in [6, 6.07) is 0. The summed E-state index contributed by atoms with van der Waals surface area (Å²) in [6.45, 7) is 2.04. The number of hydrogen-bond acceptors (Lipinski definition) is 3. The zero-order valence-electron chi connectivity index (χ0n) is 13.1. The van der Waals surface area contributed by atoms with Gasteiger partial charge in [0.2, 0.25) is 0 Å². The second kappa shape index (κ2) is 6.20. The number of carboxylic acid groups (broad SMARTS) is 1. The minimum absolute atomic E-state index is 0.147. The Bertz CT molecular complexity index is 552. The van der Waals surface area contributed by atoms with Crippen LogP contribution < -0.4 is 0 Å². The van der Waals surface area contributed by atoms with Crippen molar-refractivity contribution in [1.82, 2.24) is 4.90 Å². The molecule has 0 heterocycles. The van der Waals surface area contributed by atoms with Crippen LogP contribution in [0, 0.1) is 11.8 Å². The molecule has 0 aromatic rings. The van der Waals surface area contributed by atoms with Crippen molar-refractivity contribution in [2.75, 3.05) is 21.2 Å². The number of hydrogen-bond donors (Lipinski definition) is 1. The first kappa shape index (κ1) is 15.4. The number of aliphatic carboxylic acids is 1. The van der Waals surface area contributed by atoms with Crippen LogP contribution in [-0.4, -0.2) is 37.2 Å². The molecule has 1 N–H and O–H groups in total. The van der Waals surface area contributed by atoms with E-state index in [0.717, 1.165) is 29.9 Å². The lowest BCUT2D eigenvalue weighted by molar-refractivity contribution is -0.132. The molecule has 0 radical (unpaired) electrons. The van der Waals surface area contributed by atoms with E-state index in [1.165, 1.54) is 0 Å². The Morgan fingerprint density at radius 3 is 2.71 bits per heavy atom. The molecule has 114 valence electrons. The van der Waals surface area contributed by atoms with Crippen molar-refractivity contribution in [1.29, 1.82) is 0 Å². The summed E-state index contributed by atoms with van der Waals surface area (Å²) in [7, 11) is 5.60. The smallest absolute Gasteiger partial charge is 0.335 e. The molecule has 21 heavy (non-hydrogen) atoms. The average Bonchev–Trinajstić information content (AvgIpc) is 2.46. The van der Waals surface area contributed by atoms with Crippen LogP contribution in [0.4, 0.5) is 0 Å². The first-order valence-corrected chi connectivity index (χ1v) is 7.18. The summed E-state index contributed by atoms with van der Waals surface area (Å²) < 4.78 is 5.58. The highest BCUT2D eigenvalue weighted by molar-refractivity contribution is 5.90. The van der Waals surface area contributed by atoms with Gasteiger partial charge in [0.25, 0.3) is 0 Å². The molecule has 2 rings (SSSR count). The molecule has 0 spiro atoms. The molecule has 4 nitrogen and oxygen atoms in total. The fourth-order valence-corrected chi connectivity index (χ4v) is 3.08.